The fourth-order valence-electron chi connectivity index (χ4n) is 1.77. The Labute approximate surface area is 131 Å². The Balaban J connectivity index is 2.23. The maximum Gasteiger partial charge on any atom is 0.341 e. The number of methoxy groups -OCH3 is 1. The number of non-ortho nitro benzene ring substituents is 1. The number of hydrogen-bond donors (Lipinski definition) is 0. The average Bonchev–Trinajstić information content (AvgIpc) is 2.53. The van der Waals surface area contributed by atoms with Crippen molar-refractivity contribution in [3.05, 3.63) is 68.7 Å². The summed E-state index contributed by atoms with van der Waals surface area (Å²) in [6.07, 6.45) is 0. The van der Waals surface area contributed by atoms with Crippen LogP contribution in [-0.4, -0.2) is 18.0 Å². The van der Waals surface area contributed by atoms with E-state index in [9.17, 15) is 14.9 Å². The molecule has 6 nitrogen and oxygen atoms in total. The van der Waals surface area contributed by atoms with E-state index in [1.807, 2.05) is 0 Å². The zero-order valence-corrected chi connectivity index (χ0v) is 12.4. The van der Waals surface area contributed by atoms with E-state index in [2.05, 4.69) is 4.74 Å². The van der Waals surface area contributed by atoms with Crippen LogP contribution in [0.1, 0.15) is 15.9 Å². The van der Waals surface area contributed by atoms with Crippen LogP contribution in [0.3, 0.4) is 0 Å². The molecule has 2 aromatic rings. The van der Waals surface area contributed by atoms with Gasteiger partial charge in [-0.2, -0.15) is 0 Å². The molecule has 7 heteroatoms. The van der Waals surface area contributed by atoms with Gasteiger partial charge in [-0.25, -0.2) is 4.79 Å². The molecule has 0 N–H and O–H groups in total. The molecule has 0 spiro atoms. The van der Waals surface area contributed by atoms with Gasteiger partial charge < -0.3 is 9.47 Å². The van der Waals surface area contributed by atoms with E-state index >= 15 is 0 Å². The number of esters is 1. The third kappa shape index (κ3) is 3.73. The van der Waals surface area contributed by atoms with Gasteiger partial charge in [0.15, 0.2) is 0 Å². The first kappa shape index (κ1) is 15.8. The van der Waals surface area contributed by atoms with Crippen LogP contribution in [0.4, 0.5) is 5.69 Å². The molecule has 0 aromatic heterocycles. The van der Waals surface area contributed by atoms with Gasteiger partial charge in [-0.3, -0.25) is 10.1 Å². The molecule has 0 fully saturated rings. The summed E-state index contributed by atoms with van der Waals surface area (Å²) >= 11 is 5.80. The molecular formula is C15H12ClNO5. The Morgan fingerprint density at radius 2 is 1.91 bits per heavy atom. The number of halogens is 1. The van der Waals surface area contributed by atoms with Crippen LogP contribution in [-0.2, 0) is 11.3 Å². The van der Waals surface area contributed by atoms with Gasteiger partial charge in [0.25, 0.3) is 5.69 Å². The number of ether oxygens (including phenoxy) is 2. The molecule has 0 amide bonds. The lowest BCUT2D eigenvalue weighted by Gasteiger charge is -2.10. The van der Waals surface area contributed by atoms with E-state index in [0.717, 1.165) is 11.6 Å². The van der Waals surface area contributed by atoms with Crippen molar-refractivity contribution < 1.29 is 19.2 Å². The quantitative estimate of drug-likeness (QED) is 0.477. The molecule has 22 heavy (non-hydrogen) atoms. The van der Waals surface area contributed by atoms with Crippen molar-refractivity contribution in [3.8, 4) is 5.75 Å². The number of carbonyl (C=O) groups is 1. The first-order chi connectivity index (χ1) is 10.5. The van der Waals surface area contributed by atoms with Crippen LogP contribution < -0.4 is 4.74 Å². The molecule has 0 bridgehead atoms. The second-order valence-corrected chi connectivity index (χ2v) is 4.78. The lowest BCUT2D eigenvalue weighted by molar-refractivity contribution is -0.384. The van der Waals surface area contributed by atoms with Crippen LogP contribution in [0, 0.1) is 10.1 Å². The molecule has 0 aliphatic carbocycles. The van der Waals surface area contributed by atoms with Crippen molar-refractivity contribution in [2.75, 3.05) is 7.11 Å². The Hall–Kier alpha value is -2.60. The van der Waals surface area contributed by atoms with E-state index < -0.39 is 10.9 Å². The molecule has 0 aliphatic heterocycles. The highest BCUT2D eigenvalue weighted by Gasteiger charge is 2.18. The van der Waals surface area contributed by atoms with Crippen LogP contribution in [0.2, 0.25) is 5.02 Å². The van der Waals surface area contributed by atoms with E-state index in [4.69, 9.17) is 16.3 Å². The molecule has 0 atom stereocenters. The zero-order valence-electron chi connectivity index (χ0n) is 11.6. The molecule has 114 valence electrons. The van der Waals surface area contributed by atoms with Gasteiger partial charge in [0.2, 0.25) is 0 Å². The summed E-state index contributed by atoms with van der Waals surface area (Å²) in [5.74, 6) is -0.484. The van der Waals surface area contributed by atoms with Crippen LogP contribution in [0.25, 0.3) is 0 Å². The molecule has 0 radical (unpaired) electrons. The third-order valence-corrected chi connectivity index (χ3v) is 3.14. The maximum atomic E-state index is 11.7. The number of nitrogens with zero attached hydrogens (tertiary/aromatic N) is 1. The minimum Gasteiger partial charge on any atom is -0.488 e. The molecule has 2 rings (SSSR count). The highest BCUT2D eigenvalue weighted by atomic mass is 35.5. The SMILES string of the molecule is COC(=O)c1cc([N+](=O)[O-])ccc1OCc1ccc(Cl)cc1. The Bertz CT molecular complexity index is 700. The number of nitro benzene ring substituents is 1. The van der Waals surface area contributed by atoms with Crippen molar-refractivity contribution in [1.29, 1.82) is 0 Å². The first-order valence-corrected chi connectivity index (χ1v) is 6.63. The number of rotatable bonds is 5. The first-order valence-electron chi connectivity index (χ1n) is 6.25. The molecule has 0 heterocycles. The predicted molar refractivity (Wildman–Crippen MR) is 80.2 cm³/mol. The third-order valence-electron chi connectivity index (χ3n) is 2.89. The van der Waals surface area contributed by atoms with Crippen molar-refractivity contribution >= 4 is 23.3 Å². The molecule has 0 aliphatic rings. The second-order valence-electron chi connectivity index (χ2n) is 4.34. The number of nitro groups is 1. The largest absolute Gasteiger partial charge is 0.488 e. The highest BCUT2D eigenvalue weighted by Crippen LogP contribution is 2.26. The van der Waals surface area contributed by atoms with Gasteiger partial charge in [-0.15, -0.1) is 0 Å². The highest BCUT2D eigenvalue weighted by molar-refractivity contribution is 6.30. The lowest BCUT2D eigenvalue weighted by atomic mass is 10.1. The minimum atomic E-state index is -0.699. The van der Waals surface area contributed by atoms with Gasteiger partial charge >= 0.3 is 5.97 Å². The summed E-state index contributed by atoms with van der Waals surface area (Å²) in [5.41, 5.74) is 0.642. The van der Waals surface area contributed by atoms with Crippen molar-refractivity contribution in [2.24, 2.45) is 0 Å². The predicted octanol–water partition coefficient (Wildman–Crippen LogP) is 3.61. The molecule has 2 aromatic carbocycles. The number of hydrogen-bond acceptors (Lipinski definition) is 5. The van der Waals surface area contributed by atoms with Gasteiger partial charge in [0.05, 0.1) is 12.0 Å². The smallest absolute Gasteiger partial charge is 0.341 e. The molecular weight excluding hydrogens is 310 g/mol. The van der Waals surface area contributed by atoms with Crippen molar-refractivity contribution in [3.63, 3.8) is 0 Å². The molecule has 0 saturated heterocycles. The van der Waals surface area contributed by atoms with Crippen LogP contribution in [0.5, 0.6) is 5.75 Å². The summed E-state index contributed by atoms with van der Waals surface area (Å²) in [4.78, 5) is 21.9. The molecule has 0 unspecified atom stereocenters. The summed E-state index contributed by atoms with van der Waals surface area (Å²) in [6, 6.07) is 10.8. The van der Waals surface area contributed by atoms with Gasteiger partial charge in [0.1, 0.15) is 17.9 Å². The van der Waals surface area contributed by atoms with Crippen molar-refractivity contribution in [1.82, 2.24) is 0 Å². The van der Waals surface area contributed by atoms with E-state index in [1.54, 1.807) is 24.3 Å². The normalized spacial score (nSPS) is 10.1. The van der Waals surface area contributed by atoms with Crippen LogP contribution >= 0.6 is 11.6 Å². The van der Waals surface area contributed by atoms with Gasteiger partial charge in [0, 0.05) is 17.2 Å². The zero-order chi connectivity index (χ0) is 16.1. The Morgan fingerprint density at radius 3 is 2.50 bits per heavy atom. The number of carbonyl (C=O) groups excluding carboxylic acids is 1. The van der Waals surface area contributed by atoms with Gasteiger partial charge in [-0.1, -0.05) is 23.7 Å². The fraction of sp³-hybridized carbons (Fsp3) is 0.133. The minimum absolute atomic E-state index is 0.00524. The fourth-order valence-corrected chi connectivity index (χ4v) is 1.89. The van der Waals surface area contributed by atoms with Crippen LogP contribution in [0.15, 0.2) is 42.5 Å². The molecule has 0 saturated carbocycles. The monoisotopic (exact) mass is 321 g/mol. The average molecular weight is 322 g/mol. The summed E-state index contributed by atoms with van der Waals surface area (Å²) in [6.45, 7) is 0.193. The van der Waals surface area contributed by atoms with Crippen molar-refractivity contribution in [2.45, 2.75) is 6.61 Å². The second kappa shape index (κ2) is 6.91. The van der Waals surface area contributed by atoms with E-state index in [1.165, 1.54) is 19.2 Å². The lowest BCUT2D eigenvalue weighted by Crippen LogP contribution is -2.06. The summed E-state index contributed by atoms with van der Waals surface area (Å²) in [5, 5.41) is 11.4. The van der Waals surface area contributed by atoms with E-state index in [-0.39, 0.29) is 23.6 Å². The Morgan fingerprint density at radius 1 is 1.23 bits per heavy atom. The maximum absolute atomic E-state index is 11.7. The Kier molecular flexibility index (Phi) is 4.95. The number of benzene rings is 2. The topological polar surface area (TPSA) is 78.7 Å². The summed E-state index contributed by atoms with van der Waals surface area (Å²) in [7, 11) is 1.20. The van der Waals surface area contributed by atoms with Gasteiger partial charge in [-0.05, 0) is 23.8 Å². The summed E-state index contributed by atoms with van der Waals surface area (Å²) < 4.78 is 10.2. The standard InChI is InChI=1S/C15H12ClNO5/c1-21-15(18)13-8-12(17(19)20)6-7-14(13)22-9-10-2-4-11(16)5-3-10/h2-8H,9H2,1H3. The van der Waals surface area contributed by atoms with E-state index in [0.29, 0.717) is 5.02 Å².